The van der Waals surface area contributed by atoms with Gasteiger partial charge >= 0.3 is 5.97 Å². The molecule has 0 spiro atoms. The van der Waals surface area contributed by atoms with Crippen molar-refractivity contribution in [3.63, 3.8) is 0 Å². The fourth-order valence-corrected chi connectivity index (χ4v) is 2.28. The van der Waals surface area contributed by atoms with Gasteiger partial charge < -0.3 is 15.2 Å². The molecule has 1 aromatic rings. The maximum Gasteiger partial charge on any atom is 0.311 e. The van der Waals surface area contributed by atoms with Crippen molar-refractivity contribution in [2.24, 2.45) is 5.92 Å². The average molecular weight is 321 g/mol. The van der Waals surface area contributed by atoms with Gasteiger partial charge in [-0.2, -0.15) is 0 Å². The highest BCUT2D eigenvalue weighted by atomic mass is 16.5. The third-order valence-corrected chi connectivity index (χ3v) is 3.69. The number of carbonyl (C=O) groups excluding carboxylic acids is 1. The van der Waals surface area contributed by atoms with Crippen LogP contribution in [0, 0.1) is 5.92 Å². The molecule has 23 heavy (non-hydrogen) atoms. The Morgan fingerprint density at radius 1 is 1.17 bits per heavy atom. The van der Waals surface area contributed by atoms with Gasteiger partial charge in [-0.25, -0.2) is 0 Å². The van der Waals surface area contributed by atoms with Crippen LogP contribution in [0.5, 0.6) is 5.75 Å². The van der Waals surface area contributed by atoms with E-state index < -0.39 is 11.9 Å². The third kappa shape index (κ3) is 7.17. The van der Waals surface area contributed by atoms with Gasteiger partial charge in [0.25, 0.3) is 0 Å². The highest BCUT2D eigenvalue weighted by Crippen LogP contribution is 2.23. The minimum absolute atomic E-state index is 0.0682. The molecule has 5 nitrogen and oxygen atoms in total. The van der Waals surface area contributed by atoms with Gasteiger partial charge in [-0.1, -0.05) is 32.4 Å². The number of aliphatic carboxylic acids is 1. The molecule has 0 unspecified atom stereocenters. The summed E-state index contributed by atoms with van der Waals surface area (Å²) in [4.78, 5) is 22.7. The van der Waals surface area contributed by atoms with Crippen molar-refractivity contribution in [1.82, 2.24) is 5.32 Å². The van der Waals surface area contributed by atoms with E-state index in [4.69, 9.17) is 4.74 Å². The van der Waals surface area contributed by atoms with Crippen LogP contribution in [-0.4, -0.2) is 30.6 Å². The normalized spacial score (nSPS) is 12.0. The summed E-state index contributed by atoms with van der Waals surface area (Å²) in [6, 6.07) is 6.95. The second-order valence-electron chi connectivity index (χ2n) is 6.08. The first-order chi connectivity index (χ1) is 10.9. The Labute approximate surface area is 138 Å². The van der Waals surface area contributed by atoms with Gasteiger partial charge in [0, 0.05) is 13.5 Å². The van der Waals surface area contributed by atoms with E-state index in [0.717, 1.165) is 18.6 Å². The molecule has 2 N–H and O–H groups in total. The van der Waals surface area contributed by atoms with Gasteiger partial charge in [0.2, 0.25) is 5.91 Å². The molecule has 0 bridgehead atoms. The number of carbonyl (C=O) groups is 2. The number of carboxylic acid groups (broad SMARTS) is 1. The lowest BCUT2D eigenvalue weighted by Gasteiger charge is -2.13. The van der Waals surface area contributed by atoms with Crippen LogP contribution in [0.25, 0.3) is 0 Å². The minimum atomic E-state index is -1.00. The Kier molecular flexibility index (Phi) is 8.16. The number of benzene rings is 1. The predicted octanol–water partition coefficient (Wildman–Crippen LogP) is 3.20. The number of carboxylic acids is 1. The fraction of sp³-hybridized carbons (Fsp3) is 0.556. The zero-order valence-electron chi connectivity index (χ0n) is 14.2. The molecule has 0 saturated carbocycles. The molecule has 1 aromatic carbocycles. The largest absolute Gasteiger partial charge is 0.494 e. The van der Waals surface area contributed by atoms with E-state index >= 15 is 0 Å². The Hall–Kier alpha value is -2.04. The van der Waals surface area contributed by atoms with E-state index in [2.05, 4.69) is 19.2 Å². The van der Waals surface area contributed by atoms with E-state index in [9.17, 15) is 14.7 Å². The van der Waals surface area contributed by atoms with Crippen molar-refractivity contribution in [2.75, 3.05) is 13.7 Å². The third-order valence-electron chi connectivity index (χ3n) is 3.69. The van der Waals surface area contributed by atoms with E-state index in [1.54, 1.807) is 24.3 Å². The summed E-state index contributed by atoms with van der Waals surface area (Å²) in [5.41, 5.74) is 0.605. The second kappa shape index (κ2) is 9.87. The van der Waals surface area contributed by atoms with E-state index in [-0.39, 0.29) is 12.3 Å². The SMILES string of the molecule is CNC(=O)C[C@H](C(=O)O)c1ccc(OCCCCC(C)C)cc1. The van der Waals surface area contributed by atoms with Gasteiger partial charge in [-0.05, 0) is 36.5 Å². The number of unbranched alkanes of at least 4 members (excludes halogenated alkanes) is 1. The standard InChI is InChI=1S/C18H27NO4/c1-13(2)6-4-5-11-23-15-9-7-14(8-10-15)16(18(21)22)12-17(20)19-3/h7-10,13,16H,4-6,11-12H2,1-3H3,(H,19,20)(H,21,22)/t16-/m0/s1. The number of hydrogen-bond acceptors (Lipinski definition) is 3. The Bertz CT molecular complexity index is 496. The number of rotatable bonds is 10. The molecule has 0 radical (unpaired) electrons. The van der Waals surface area contributed by atoms with Crippen molar-refractivity contribution >= 4 is 11.9 Å². The van der Waals surface area contributed by atoms with Gasteiger partial charge in [-0.15, -0.1) is 0 Å². The Morgan fingerprint density at radius 3 is 2.35 bits per heavy atom. The Balaban J connectivity index is 2.53. The highest BCUT2D eigenvalue weighted by molar-refractivity contribution is 5.85. The molecular weight excluding hydrogens is 294 g/mol. The molecule has 128 valence electrons. The monoisotopic (exact) mass is 321 g/mol. The topological polar surface area (TPSA) is 75.6 Å². The van der Waals surface area contributed by atoms with Gasteiger partial charge in [0.1, 0.15) is 5.75 Å². The molecule has 0 aliphatic rings. The zero-order chi connectivity index (χ0) is 17.2. The van der Waals surface area contributed by atoms with E-state index in [1.807, 2.05) is 0 Å². The minimum Gasteiger partial charge on any atom is -0.494 e. The van der Waals surface area contributed by atoms with Crippen LogP contribution in [0.4, 0.5) is 0 Å². The molecule has 1 atom stereocenters. The molecule has 0 aromatic heterocycles. The summed E-state index contributed by atoms with van der Waals surface area (Å²) in [5, 5.41) is 11.7. The smallest absolute Gasteiger partial charge is 0.311 e. The van der Waals surface area contributed by atoms with E-state index in [1.165, 1.54) is 13.5 Å². The number of hydrogen-bond donors (Lipinski definition) is 2. The van der Waals surface area contributed by atoms with Crippen LogP contribution >= 0.6 is 0 Å². The van der Waals surface area contributed by atoms with Crippen molar-refractivity contribution in [1.29, 1.82) is 0 Å². The summed E-state index contributed by atoms with van der Waals surface area (Å²) < 4.78 is 5.66. The molecule has 0 heterocycles. The summed E-state index contributed by atoms with van der Waals surface area (Å²) in [5.74, 6) is -0.696. The first kappa shape index (κ1) is 19.0. The van der Waals surface area contributed by atoms with Crippen molar-refractivity contribution in [3.8, 4) is 5.75 Å². The first-order valence-corrected chi connectivity index (χ1v) is 8.10. The summed E-state index contributed by atoms with van der Waals surface area (Å²) in [6.07, 6.45) is 3.28. The zero-order valence-corrected chi connectivity index (χ0v) is 14.2. The van der Waals surface area contributed by atoms with Gasteiger partial charge in [0.05, 0.1) is 12.5 Å². The molecule has 0 aliphatic carbocycles. The van der Waals surface area contributed by atoms with Crippen molar-refractivity contribution in [2.45, 2.75) is 45.4 Å². The summed E-state index contributed by atoms with van der Waals surface area (Å²) in [6.45, 7) is 5.07. The fourth-order valence-electron chi connectivity index (χ4n) is 2.28. The van der Waals surface area contributed by atoms with Crippen LogP contribution in [0.2, 0.25) is 0 Å². The maximum absolute atomic E-state index is 11.4. The second-order valence-corrected chi connectivity index (χ2v) is 6.08. The Morgan fingerprint density at radius 2 is 1.83 bits per heavy atom. The summed E-state index contributed by atoms with van der Waals surface area (Å²) >= 11 is 0. The molecule has 0 saturated heterocycles. The number of nitrogens with one attached hydrogen (secondary N) is 1. The van der Waals surface area contributed by atoms with Gasteiger partial charge in [-0.3, -0.25) is 9.59 Å². The quantitative estimate of drug-likeness (QED) is 0.649. The summed E-state index contributed by atoms with van der Waals surface area (Å²) in [7, 11) is 1.50. The molecule has 0 fully saturated rings. The molecular formula is C18H27NO4. The molecule has 5 heteroatoms. The van der Waals surface area contributed by atoms with Crippen LogP contribution in [0.1, 0.15) is 51.0 Å². The number of amides is 1. The van der Waals surface area contributed by atoms with Crippen molar-refractivity contribution < 1.29 is 19.4 Å². The van der Waals surface area contributed by atoms with Crippen molar-refractivity contribution in [3.05, 3.63) is 29.8 Å². The lowest BCUT2D eigenvalue weighted by molar-refractivity contribution is -0.140. The van der Waals surface area contributed by atoms with Gasteiger partial charge in [0.15, 0.2) is 0 Å². The first-order valence-electron chi connectivity index (χ1n) is 8.10. The van der Waals surface area contributed by atoms with Crippen LogP contribution in [0.3, 0.4) is 0 Å². The predicted molar refractivity (Wildman–Crippen MR) is 89.7 cm³/mol. The molecule has 1 rings (SSSR count). The highest BCUT2D eigenvalue weighted by Gasteiger charge is 2.22. The van der Waals surface area contributed by atoms with E-state index in [0.29, 0.717) is 18.1 Å². The lowest BCUT2D eigenvalue weighted by atomic mass is 9.95. The lowest BCUT2D eigenvalue weighted by Crippen LogP contribution is -2.24. The maximum atomic E-state index is 11.4. The van der Waals surface area contributed by atoms with Crippen LogP contribution in [0.15, 0.2) is 24.3 Å². The average Bonchev–Trinajstić information content (AvgIpc) is 2.52. The van der Waals surface area contributed by atoms with Crippen LogP contribution in [-0.2, 0) is 9.59 Å². The number of ether oxygens (including phenoxy) is 1. The molecule has 1 amide bonds. The van der Waals surface area contributed by atoms with Crippen LogP contribution < -0.4 is 10.1 Å². The molecule has 0 aliphatic heterocycles.